The van der Waals surface area contributed by atoms with Gasteiger partial charge in [0.05, 0.1) is 6.54 Å². The van der Waals surface area contributed by atoms with Crippen LogP contribution in [-0.4, -0.2) is 25.1 Å². The molecule has 1 rings (SSSR count). The second-order valence-electron chi connectivity index (χ2n) is 4.61. The van der Waals surface area contributed by atoms with Crippen LogP contribution in [0.3, 0.4) is 0 Å². The number of carbonyl (C=O) groups excluding carboxylic acids is 1. The summed E-state index contributed by atoms with van der Waals surface area (Å²) in [6.45, 7) is 5.14. The van der Waals surface area contributed by atoms with E-state index in [1.807, 2.05) is 6.92 Å². The molecule has 0 aliphatic carbocycles. The lowest BCUT2D eigenvalue weighted by atomic mass is 10.2. The first-order valence-electron chi connectivity index (χ1n) is 6.95. The number of ether oxygens (including phenoxy) is 1. The van der Waals surface area contributed by atoms with Gasteiger partial charge in [0.2, 0.25) is 0 Å². The number of halogens is 1. The SMILES string of the molecule is C#CCNC(=O)C(C)Oc1ccc(F)cc1CNCCC. The van der Waals surface area contributed by atoms with E-state index < -0.39 is 6.10 Å². The fraction of sp³-hybridized carbons (Fsp3) is 0.438. The molecule has 0 fully saturated rings. The van der Waals surface area contributed by atoms with Crippen molar-refractivity contribution >= 4 is 5.91 Å². The minimum atomic E-state index is -0.700. The lowest BCUT2D eigenvalue weighted by molar-refractivity contribution is -0.127. The fourth-order valence-electron chi connectivity index (χ4n) is 1.73. The molecular weight excluding hydrogens is 271 g/mol. The second kappa shape index (κ2) is 8.98. The Morgan fingerprint density at radius 3 is 2.95 bits per heavy atom. The summed E-state index contributed by atoms with van der Waals surface area (Å²) in [4.78, 5) is 11.7. The van der Waals surface area contributed by atoms with Gasteiger partial charge in [0.1, 0.15) is 11.6 Å². The Morgan fingerprint density at radius 2 is 2.29 bits per heavy atom. The van der Waals surface area contributed by atoms with E-state index in [0.29, 0.717) is 17.9 Å². The molecule has 0 saturated carbocycles. The summed E-state index contributed by atoms with van der Waals surface area (Å²) < 4.78 is 18.9. The number of hydrogen-bond donors (Lipinski definition) is 2. The number of rotatable bonds is 8. The highest BCUT2D eigenvalue weighted by atomic mass is 19.1. The molecule has 0 aliphatic rings. The van der Waals surface area contributed by atoms with Gasteiger partial charge in [0.25, 0.3) is 5.91 Å². The predicted octanol–water partition coefficient (Wildman–Crippen LogP) is 1.84. The third-order valence-electron chi connectivity index (χ3n) is 2.80. The highest BCUT2D eigenvalue weighted by Gasteiger charge is 2.16. The monoisotopic (exact) mass is 292 g/mol. The number of terminal acetylenes is 1. The maximum atomic E-state index is 13.3. The van der Waals surface area contributed by atoms with Gasteiger partial charge in [0, 0.05) is 12.1 Å². The summed E-state index contributed by atoms with van der Waals surface area (Å²) in [6, 6.07) is 4.25. The highest BCUT2D eigenvalue weighted by molar-refractivity contribution is 5.80. The van der Waals surface area contributed by atoms with E-state index in [4.69, 9.17) is 11.2 Å². The molecule has 114 valence electrons. The molecule has 0 radical (unpaired) electrons. The zero-order chi connectivity index (χ0) is 15.7. The van der Waals surface area contributed by atoms with Crippen molar-refractivity contribution in [1.82, 2.24) is 10.6 Å². The minimum Gasteiger partial charge on any atom is -0.481 e. The van der Waals surface area contributed by atoms with E-state index in [1.165, 1.54) is 18.2 Å². The van der Waals surface area contributed by atoms with Crippen LogP contribution in [0.15, 0.2) is 18.2 Å². The molecule has 0 spiro atoms. The molecule has 2 N–H and O–H groups in total. The van der Waals surface area contributed by atoms with Gasteiger partial charge in [-0.25, -0.2) is 4.39 Å². The molecule has 0 bridgehead atoms. The maximum Gasteiger partial charge on any atom is 0.261 e. The van der Waals surface area contributed by atoms with Crippen LogP contribution in [0, 0.1) is 18.2 Å². The Labute approximate surface area is 125 Å². The van der Waals surface area contributed by atoms with Crippen LogP contribution >= 0.6 is 0 Å². The standard InChI is InChI=1S/C16H21FN2O2/c1-4-8-18-11-13-10-14(17)6-7-15(13)21-12(3)16(20)19-9-5-2/h2,6-7,10,12,18H,4,8-9,11H2,1,3H3,(H,19,20). The van der Waals surface area contributed by atoms with Crippen LogP contribution in [0.25, 0.3) is 0 Å². The lowest BCUT2D eigenvalue weighted by Gasteiger charge is -2.17. The molecule has 0 heterocycles. The van der Waals surface area contributed by atoms with Crippen LogP contribution in [-0.2, 0) is 11.3 Å². The van der Waals surface area contributed by atoms with E-state index in [1.54, 1.807) is 6.92 Å². The van der Waals surface area contributed by atoms with Crippen molar-refractivity contribution < 1.29 is 13.9 Å². The fourth-order valence-corrected chi connectivity index (χ4v) is 1.73. The van der Waals surface area contributed by atoms with Gasteiger partial charge in [-0.2, -0.15) is 0 Å². The van der Waals surface area contributed by atoms with Crippen LogP contribution < -0.4 is 15.4 Å². The van der Waals surface area contributed by atoms with Crippen LogP contribution in [0.2, 0.25) is 0 Å². The molecule has 0 saturated heterocycles. The van der Waals surface area contributed by atoms with Gasteiger partial charge in [-0.3, -0.25) is 4.79 Å². The highest BCUT2D eigenvalue weighted by Crippen LogP contribution is 2.21. The molecule has 0 aliphatic heterocycles. The van der Waals surface area contributed by atoms with Gasteiger partial charge in [-0.15, -0.1) is 6.42 Å². The van der Waals surface area contributed by atoms with E-state index in [0.717, 1.165) is 13.0 Å². The van der Waals surface area contributed by atoms with Crippen molar-refractivity contribution in [2.24, 2.45) is 0 Å². The number of hydrogen-bond acceptors (Lipinski definition) is 3. The molecule has 5 heteroatoms. The molecule has 1 amide bonds. The average Bonchev–Trinajstić information content (AvgIpc) is 2.47. The Morgan fingerprint density at radius 1 is 1.52 bits per heavy atom. The van der Waals surface area contributed by atoms with E-state index in [2.05, 4.69) is 16.6 Å². The summed E-state index contributed by atoms with van der Waals surface area (Å²) >= 11 is 0. The zero-order valence-corrected chi connectivity index (χ0v) is 12.4. The smallest absolute Gasteiger partial charge is 0.261 e. The number of carbonyl (C=O) groups is 1. The van der Waals surface area contributed by atoms with Crippen molar-refractivity contribution in [3.63, 3.8) is 0 Å². The van der Waals surface area contributed by atoms with Gasteiger partial charge >= 0.3 is 0 Å². The number of amides is 1. The first-order valence-corrected chi connectivity index (χ1v) is 6.95. The summed E-state index contributed by atoms with van der Waals surface area (Å²) in [5.74, 6) is 2.18. The third kappa shape index (κ3) is 5.84. The molecule has 0 aromatic heterocycles. The topological polar surface area (TPSA) is 50.4 Å². The normalized spacial score (nSPS) is 11.5. The van der Waals surface area contributed by atoms with E-state index in [-0.39, 0.29) is 18.3 Å². The Bertz CT molecular complexity index is 511. The molecule has 1 aromatic rings. The van der Waals surface area contributed by atoms with Crippen molar-refractivity contribution in [1.29, 1.82) is 0 Å². The van der Waals surface area contributed by atoms with Gasteiger partial charge < -0.3 is 15.4 Å². The molecule has 4 nitrogen and oxygen atoms in total. The van der Waals surface area contributed by atoms with E-state index >= 15 is 0 Å². The first-order chi connectivity index (χ1) is 10.1. The van der Waals surface area contributed by atoms with Crippen molar-refractivity contribution in [2.75, 3.05) is 13.1 Å². The average molecular weight is 292 g/mol. The summed E-state index contributed by atoms with van der Waals surface area (Å²) in [6.07, 6.45) is 5.37. The molecule has 1 unspecified atom stereocenters. The summed E-state index contributed by atoms with van der Waals surface area (Å²) in [5.41, 5.74) is 0.681. The van der Waals surface area contributed by atoms with Gasteiger partial charge in [0.15, 0.2) is 6.10 Å². The van der Waals surface area contributed by atoms with Crippen LogP contribution in [0.4, 0.5) is 4.39 Å². The largest absolute Gasteiger partial charge is 0.481 e. The van der Waals surface area contributed by atoms with Crippen molar-refractivity contribution in [2.45, 2.75) is 32.9 Å². The second-order valence-corrected chi connectivity index (χ2v) is 4.61. The Balaban J connectivity index is 2.72. The summed E-state index contributed by atoms with van der Waals surface area (Å²) in [7, 11) is 0. The molecular formula is C16H21FN2O2. The van der Waals surface area contributed by atoms with Gasteiger partial charge in [-0.1, -0.05) is 12.8 Å². The third-order valence-corrected chi connectivity index (χ3v) is 2.80. The van der Waals surface area contributed by atoms with Crippen LogP contribution in [0.5, 0.6) is 5.75 Å². The number of benzene rings is 1. The molecule has 1 atom stereocenters. The predicted molar refractivity (Wildman–Crippen MR) is 80.3 cm³/mol. The minimum absolute atomic E-state index is 0.154. The van der Waals surface area contributed by atoms with Gasteiger partial charge in [-0.05, 0) is 38.1 Å². The first kappa shape index (κ1) is 17.0. The molecule has 1 aromatic carbocycles. The summed E-state index contributed by atoms with van der Waals surface area (Å²) in [5, 5.41) is 5.73. The quantitative estimate of drug-likeness (QED) is 0.568. The molecule has 21 heavy (non-hydrogen) atoms. The Hall–Kier alpha value is -2.06. The zero-order valence-electron chi connectivity index (χ0n) is 12.4. The van der Waals surface area contributed by atoms with E-state index in [9.17, 15) is 9.18 Å². The lowest BCUT2D eigenvalue weighted by Crippen LogP contribution is -2.36. The Kier molecular flexibility index (Phi) is 7.27. The van der Waals surface area contributed by atoms with Crippen LogP contribution in [0.1, 0.15) is 25.8 Å². The van der Waals surface area contributed by atoms with Crippen molar-refractivity contribution in [3.8, 4) is 18.1 Å². The van der Waals surface area contributed by atoms with Crippen molar-refractivity contribution in [3.05, 3.63) is 29.6 Å². The maximum absolute atomic E-state index is 13.3. The number of nitrogens with one attached hydrogen (secondary N) is 2.